The van der Waals surface area contributed by atoms with Gasteiger partial charge in [0.25, 0.3) is 23.3 Å². The highest BCUT2D eigenvalue weighted by Crippen LogP contribution is 2.49. The zero-order valence-electron chi connectivity index (χ0n) is 77.0. The first kappa shape index (κ1) is 108. The Labute approximate surface area is 827 Å². The quantitative estimate of drug-likeness (QED) is 0.0158. The minimum Gasteiger partial charge on any atom is -0.493 e. The lowest BCUT2D eigenvalue weighted by molar-refractivity contribution is -0.144. The van der Waals surface area contributed by atoms with Crippen LogP contribution >= 0.6 is 23.2 Å². The summed E-state index contributed by atoms with van der Waals surface area (Å²) in [7, 11) is 5.97. The lowest BCUT2D eigenvalue weighted by atomic mass is 9.90. The molecule has 146 heavy (non-hydrogen) atoms. The Morgan fingerprint density at radius 3 is 1.05 bits per heavy atom. The summed E-state index contributed by atoms with van der Waals surface area (Å²) in [6.07, 6.45) is -14.4. The highest BCUT2D eigenvalue weighted by molar-refractivity contribution is 6.39. The molecule has 10 aromatic carbocycles. The molecule has 0 spiro atoms. The van der Waals surface area contributed by atoms with Crippen molar-refractivity contribution in [3.63, 3.8) is 0 Å². The van der Waals surface area contributed by atoms with Gasteiger partial charge < -0.3 is 64.9 Å². The monoisotopic (exact) mass is 2090 g/mol. The summed E-state index contributed by atoms with van der Waals surface area (Å²) in [5.41, 5.74) is -3.60. The summed E-state index contributed by atoms with van der Waals surface area (Å²) in [6, 6.07) is 25.3. The SMILES string of the molecule is COC(=O)[C@H](Cc1ccc(-c2c(Cl)cc(F)cc2Cl)c2c1CCCO2)NC(=O)c1c(F)cc(N[C@H](c2ccccc2)C(F)(F)F)cc1F.COC(=O)[C@H](Cc1ccc(-c2cn(C)c(=O)n(C)c2=O)c2c1CCCO2)NC(=O)c1c(F)cc(N[C@H](c2ccccc2)C(F)(F)F)cc1F.COC(=O)[C@H](Cc1ccc(-c2ncccc2C(F)(F)F)c2c1CCCO2)NC(=O)c1c(F)cc(N[C@H](c2ccccc2)C(F)(F)F)cc1F. The lowest BCUT2D eigenvalue weighted by Gasteiger charge is -2.26. The number of aryl methyl sites for hydroxylation is 1. The number of benzene rings is 10. The number of halogens is 21. The number of rotatable bonds is 27. The van der Waals surface area contributed by atoms with Gasteiger partial charge >= 0.3 is 48.3 Å². The molecule has 15 rings (SSSR count). The van der Waals surface area contributed by atoms with Gasteiger partial charge in [-0.2, -0.15) is 52.7 Å². The van der Waals surface area contributed by atoms with Gasteiger partial charge in [0.2, 0.25) is 0 Å². The number of nitrogens with zero attached hydrogens (tertiary/aromatic N) is 3. The van der Waals surface area contributed by atoms with Crippen molar-refractivity contribution < 1.29 is 141 Å². The Balaban J connectivity index is 0.000000183. The molecule has 6 atom stereocenters. The van der Waals surface area contributed by atoms with Crippen molar-refractivity contribution in [2.24, 2.45) is 14.1 Å². The lowest BCUT2D eigenvalue weighted by Crippen LogP contribution is -2.44. The van der Waals surface area contributed by atoms with Crippen LogP contribution < -0.4 is 57.4 Å². The largest absolute Gasteiger partial charge is 0.493 e. The van der Waals surface area contributed by atoms with Crippen LogP contribution in [0.5, 0.6) is 17.2 Å². The molecule has 12 aromatic rings. The van der Waals surface area contributed by atoms with Gasteiger partial charge in [0.1, 0.15) is 111 Å². The number of esters is 3. The van der Waals surface area contributed by atoms with Crippen molar-refractivity contribution in [3.05, 3.63) is 344 Å². The van der Waals surface area contributed by atoms with Gasteiger partial charge in [-0.05, 0) is 155 Å². The number of alkyl halides is 12. The highest BCUT2D eigenvalue weighted by Gasteiger charge is 2.46. The third-order valence-electron chi connectivity index (χ3n) is 23.7. The Morgan fingerprint density at radius 2 is 0.726 bits per heavy atom. The topological polar surface area (TPSA) is 287 Å². The number of carbonyl (C=O) groups excluding carboxylic acids is 6. The zero-order chi connectivity index (χ0) is 106. The van der Waals surface area contributed by atoms with Gasteiger partial charge in [0, 0.05) is 85.1 Å². The first-order valence-corrected chi connectivity index (χ1v) is 45.0. The first-order valence-electron chi connectivity index (χ1n) is 44.2. The standard InChI is InChI=1S/C34H26Cl2F6N2O4.C34H27F8N3O4.C34H31F5N4O6/c1-47-33(46)27(12-18-9-10-22(30-21(18)8-5-11-48-30)28-23(35)13-19(37)14-24(28)36)44-32(45)29-25(38)15-20(16-26(29)39)43-31(34(40,41)42)17-6-3-2-4-7-17;1-48-32(47)26(15-19-11-12-22(29-21(19)9-6-14-49-29)28-23(33(37,38)39)10-5-13-43-28)45-31(46)27-24(35)16-20(17-25(27)36)44-30(34(40,41)42)18-7-3-2-4-8-18;1-42-17-23(31(45)43(2)33(42)47)22-12-11-19(21-10-7-13-49-28(21)22)14-26(32(46)48-3)41-30(44)27-24(35)15-20(16-25(27)36)40-29(34(37,38)39)18-8-5-4-6-9-18/h2-4,6-7,9-10,13-16,27,31,43H,5,8,11-12H2,1H3,(H,44,45);2-5,7-8,10-13,16-17,26,30,44H,6,9,14-15H2,1H3,(H,45,46);4-6,8-9,11-12,15-17,26,29,40H,7,10,13-14H2,1-3H3,(H,41,44)/t27-,31+;26-,30+;26-,29+/m000/s1. The van der Waals surface area contributed by atoms with Crippen LogP contribution in [0.25, 0.3) is 33.5 Å². The van der Waals surface area contributed by atoms with Crippen molar-refractivity contribution in [1.82, 2.24) is 30.1 Å². The third kappa shape index (κ3) is 25.1. The van der Waals surface area contributed by atoms with Crippen LogP contribution in [0, 0.1) is 40.7 Å². The fourth-order valence-electron chi connectivity index (χ4n) is 16.9. The Hall–Kier alpha value is -15.1. The molecule has 0 saturated heterocycles. The van der Waals surface area contributed by atoms with Crippen molar-refractivity contribution in [3.8, 4) is 50.8 Å². The van der Waals surface area contributed by atoms with Crippen LogP contribution in [0.2, 0.25) is 10.0 Å². The van der Waals surface area contributed by atoms with Gasteiger partial charge in [-0.25, -0.2) is 49.9 Å². The van der Waals surface area contributed by atoms with Crippen LogP contribution in [-0.2, 0) is 87.4 Å². The molecule has 0 saturated carbocycles. The van der Waals surface area contributed by atoms with E-state index in [9.17, 15) is 95.4 Å². The summed E-state index contributed by atoms with van der Waals surface area (Å²) in [5, 5.41) is 13.1. The van der Waals surface area contributed by atoms with Gasteiger partial charge in [-0.15, -0.1) is 0 Å². The molecule has 0 bridgehead atoms. The van der Waals surface area contributed by atoms with E-state index >= 15 is 26.3 Å². The molecule has 3 amide bonds. The highest BCUT2D eigenvalue weighted by atomic mass is 35.5. The molecule has 0 unspecified atom stereocenters. The fourth-order valence-corrected chi connectivity index (χ4v) is 17.5. The number of methoxy groups -OCH3 is 3. The fraction of sp³-hybridized carbons (Fsp3) is 0.265. The minimum atomic E-state index is -4.85. The third-order valence-corrected chi connectivity index (χ3v) is 24.3. The molecule has 5 heterocycles. The van der Waals surface area contributed by atoms with E-state index < -0.39 is 188 Å². The van der Waals surface area contributed by atoms with E-state index in [0.717, 1.165) is 50.2 Å². The zero-order valence-corrected chi connectivity index (χ0v) is 78.5. The predicted molar refractivity (Wildman–Crippen MR) is 497 cm³/mol. The molecule has 6 N–H and O–H groups in total. The van der Waals surface area contributed by atoms with Gasteiger partial charge in [0.05, 0.1) is 68.0 Å². The molecule has 0 aliphatic carbocycles. The van der Waals surface area contributed by atoms with E-state index in [0.29, 0.717) is 150 Å². The number of carbonyl (C=O) groups is 6. The summed E-state index contributed by atoms with van der Waals surface area (Å²) >= 11 is 12.6. The molecule has 3 aliphatic rings. The number of amides is 3. The Morgan fingerprint density at radius 1 is 0.411 bits per heavy atom. The second-order valence-electron chi connectivity index (χ2n) is 33.3. The smallest absolute Gasteiger partial charge is 0.418 e. The minimum absolute atomic E-state index is 0.0445. The average Bonchev–Trinajstić information content (AvgIpc) is 0.768. The average molecular weight is 2090 g/mol. The summed E-state index contributed by atoms with van der Waals surface area (Å²) in [4.78, 5) is 107. The maximum Gasteiger partial charge on any atom is 0.418 e. The number of hydrogen-bond donors (Lipinski definition) is 6. The number of hydrogen-bond acceptors (Lipinski definition) is 18. The molecule has 44 heteroatoms. The van der Waals surface area contributed by atoms with Crippen LogP contribution in [0.4, 0.5) is 100 Å². The first-order chi connectivity index (χ1) is 69.2. The Kier molecular flexibility index (Phi) is 34.0. The maximum absolute atomic E-state index is 15.2. The number of pyridine rings is 1. The summed E-state index contributed by atoms with van der Waals surface area (Å²) < 4.78 is 305. The van der Waals surface area contributed by atoms with E-state index in [1.807, 2.05) is 0 Å². The van der Waals surface area contributed by atoms with Crippen LogP contribution in [-0.4, -0.2) is 128 Å². The predicted octanol–water partition coefficient (Wildman–Crippen LogP) is 20.8. The van der Waals surface area contributed by atoms with Gasteiger partial charge in [-0.3, -0.25) is 28.7 Å². The number of nitrogens with one attached hydrogen (secondary N) is 6. The molecular formula is C102H84Cl2F19N9O14. The molecule has 768 valence electrons. The van der Waals surface area contributed by atoms with E-state index in [-0.39, 0.29) is 75.2 Å². The molecule has 3 aliphatic heterocycles. The van der Waals surface area contributed by atoms with Crippen LogP contribution in [0.3, 0.4) is 0 Å². The molecule has 0 radical (unpaired) electrons. The maximum atomic E-state index is 15.2. The van der Waals surface area contributed by atoms with Crippen LogP contribution in [0.1, 0.15) is 124 Å². The second-order valence-corrected chi connectivity index (χ2v) is 34.1. The molecule has 2 aromatic heterocycles. The van der Waals surface area contributed by atoms with E-state index in [4.69, 9.17) is 51.6 Å². The van der Waals surface area contributed by atoms with Crippen molar-refractivity contribution >= 4 is 75.9 Å². The van der Waals surface area contributed by atoms with Crippen LogP contribution in [0.15, 0.2) is 210 Å². The number of anilines is 3. The van der Waals surface area contributed by atoms with E-state index in [2.05, 4.69) is 36.9 Å². The van der Waals surface area contributed by atoms with E-state index in [1.165, 1.54) is 134 Å². The molecule has 23 nitrogen and oxygen atoms in total. The molecule has 0 fully saturated rings. The van der Waals surface area contributed by atoms with Gasteiger partial charge in [0.15, 0.2) is 0 Å². The van der Waals surface area contributed by atoms with E-state index in [1.54, 1.807) is 24.3 Å². The second kappa shape index (κ2) is 45.9. The number of fused-ring (bicyclic) bond motifs is 3. The summed E-state index contributed by atoms with van der Waals surface area (Å²) in [6.45, 7) is 0.855. The van der Waals surface area contributed by atoms with Crippen molar-refractivity contribution in [2.45, 2.75) is 119 Å². The van der Waals surface area contributed by atoms with Crippen molar-refractivity contribution in [1.29, 1.82) is 0 Å². The number of ether oxygens (including phenoxy) is 6. The Bertz CT molecular complexity index is 6950. The molecular weight excluding hydrogens is 2010 g/mol. The van der Waals surface area contributed by atoms with Crippen molar-refractivity contribution in [2.75, 3.05) is 57.1 Å². The summed E-state index contributed by atoms with van der Waals surface area (Å²) in [5.74, 6) is -15.6. The normalized spacial score (nSPS) is 14.0. The van der Waals surface area contributed by atoms with Gasteiger partial charge in [-0.1, -0.05) is 145 Å². The number of aromatic nitrogens is 3.